The van der Waals surface area contributed by atoms with Crippen LogP contribution in [0.4, 0.5) is 22.7 Å². The molecule has 30 heavy (non-hydrogen) atoms. The fourth-order valence-electron chi connectivity index (χ4n) is 2.74. The predicted molar refractivity (Wildman–Crippen MR) is 122 cm³/mol. The molecule has 0 radical (unpaired) electrons. The van der Waals surface area contributed by atoms with Crippen molar-refractivity contribution in [2.24, 2.45) is 0 Å². The summed E-state index contributed by atoms with van der Waals surface area (Å²) in [5, 5.41) is 11.5. The second-order valence-corrected chi connectivity index (χ2v) is 6.97. The van der Waals surface area contributed by atoms with E-state index in [9.17, 15) is 14.4 Å². The van der Waals surface area contributed by atoms with E-state index >= 15 is 0 Å². The van der Waals surface area contributed by atoms with Gasteiger partial charge in [-0.3, -0.25) is 14.4 Å². The van der Waals surface area contributed by atoms with Gasteiger partial charge in [0.15, 0.2) is 0 Å². The SMILES string of the molecule is CCCCCC(=O)Nc1cccc(NCC(=O)Nc2ccc(NC(=O)CC)cc2)c1. The van der Waals surface area contributed by atoms with Gasteiger partial charge in [-0.1, -0.05) is 32.8 Å². The van der Waals surface area contributed by atoms with Gasteiger partial charge in [0, 0.05) is 35.6 Å². The van der Waals surface area contributed by atoms with Gasteiger partial charge in [-0.05, 0) is 48.9 Å². The highest BCUT2D eigenvalue weighted by Crippen LogP contribution is 2.16. The summed E-state index contributed by atoms with van der Waals surface area (Å²) in [4.78, 5) is 35.5. The van der Waals surface area contributed by atoms with Crippen molar-refractivity contribution in [3.63, 3.8) is 0 Å². The summed E-state index contributed by atoms with van der Waals surface area (Å²) in [5.41, 5.74) is 2.77. The first-order valence-electron chi connectivity index (χ1n) is 10.3. The first kappa shape index (κ1) is 22.9. The van der Waals surface area contributed by atoms with E-state index in [2.05, 4.69) is 28.2 Å². The van der Waals surface area contributed by atoms with Crippen LogP contribution in [-0.2, 0) is 14.4 Å². The summed E-state index contributed by atoms with van der Waals surface area (Å²) in [6.45, 7) is 3.97. The lowest BCUT2D eigenvalue weighted by atomic mass is 10.2. The van der Waals surface area contributed by atoms with Crippen LogP contribution < -0.4 is 21.3 Å². The largest absolute Gasteiger partial charge is 0.376 e. The monoisotopic (exact) mass is 410 g/mol. The standard InChI is InChI=1S/C23H30N4O3/c1-3-5-6-10-22(29)27-20-9-7-8-19(15-20)24-16-23(30)26-18-13-11-17(12-14-18)25-21(28)4-2/h7-9,11-15,24H,3-6,10,16H2,1-2H3,(H,25,28)(H,26,30)(H,27,29). The summed E-state index contributed by atoms with van der Waals surface area (Å²) < 4.78 is 0. The van der Waals surface area contributed by atoms with Crippen LogP contribution in [0, 0.1) is 0 Å². The van der Waals surface area contributed by atoms with Crippen LogP contribution in [0.15, 0.2) is 48.5 Å². The molecule has 7 heteroatoms. The number of nitrogens with one attached hydrogen (secondary N) is 4. The molecule has 0 atom stereocenters. The minimum atomic E-state index is -0.200. The molecule has 0 aliphatic carbocycles. The Labute approximate surface area is 177 Å². The molecule has 0 bridgehead atoms. The highest BCUT2D eigenvalue weighted by Gasteiger charge is 2.06. The molecule has 0 saturated carbocycles. The van der Waals surface area contributed by atoms with E-state index in [1.165, 1.54) is 0 Å². The van der Waals surface area contributed by atoms with Crippen LogP contribution in [0.3, 0.4) is 0 Å². The lowest BCUT2D eigenvalue weighted by Gasteiger charge is -2.11. The fourth-order valence-corrected chi connectivity index (χ4v) is 2.74. The minimum Gasteiger partial charge on any atom is -0.376 e. The molecule has 160 valence electrons. The number of unbranched alkanes of at least 4 members (excludes halogenated alkanes) is 2. The van der Waals surface area contributed by atoms with E-state index in [0.29, 0.717) is 29.9 Å². The highest BCUT2D eigenvalue weighted by atomic mass is 16.2. The molecule has 0 aromatic heterocycles. The second-order valence-electron chi connectivity index (χ2n) is 6.97. The molecular formula is C23H30N4O3. The quantitative estimate of drug-likeness (QED) is 0.407. The van der Waals surface area contributed by atoms with Crippen LogP contribution in [0.2, 0.25) is 0 Å². The Morgan fingerprint density at radius 1 is 0.700 bits per heavy atom. The Balaban J connectivity index is 1.80. The van der Waals surface area contributed by atoms with E-state index in [1.54, 1.807) is 37.3 Å². The highest BCUT2D eigenvalue weighted by molar-refractivity contribution is 5.95. The van der Waals surface area contributed by atoms with Gasteiger partial charge in [0.25, 0.3) is 0 Å². The van der Waals surface area contributed by atoms with Crippen LogP contribution in [0.5, 0.6) is 0 Å². The smallest absolute Gasteiger partial charge is 0.243 e. The average molecular weight is 411 g/mol. The maximum Gasteiger partial charge on any atom is 0.243 e. The van der Waals surface area contributed by atoms with Crippen molar-refractivity contribution < 1.29 is 14.4 Å². The van der Waals surface area contributed by atoms with Gasteiger partial charge in [0.2, 0.25) is 17.7 Å². The average Bonchev–Trinajstić information content (AvgIpc) is 2.74. The van der Waals surface area contributed by atoms with Crippen molar-refractivity contribution in [3.05, 3.63) is 48.5 Å². The first-order valence-corrected chi connectivity index (χ1v) is 10.3. The lowest BCUT2D eigenvalue weighted by Crippen LogP contribution is -2.21. The molecule has 3 amide bonds. The van der Waals surface area contributed by atoms with Crippen molar-refractivity contribution in [2.75, 3.05) is 27.8 Å². The molecule has 0 spiro atoms. The normalized spacial score (nSPS) is 10.2. The van der Waals surface area contributed by atoms with E-state index in [4.69, 9.17) is 0 Å². The van der Waals surface area contributed by atoms with Gasteiger partial charge in [0.1, 0.15) is 0 Å². The maximum absolute atomic E-state index is 12.2. The van der Waals surface area contributed by atoms with Gasteiger partial charge in [-0.25, -0.2) is 0 Å². The molecule has 2 aromatic carbocycles. The number of anilines is 4. The molecule has 4 N–H and O–H groups in total. The van der Waals surface area contributed by atoms with Crippen molar-refractivity contribution >= 4 is 40.5 Å². The second kappa shape index (κ2) is 12.3. The van der Waals surface area contributed by atoms with Crippen molar-refractivity contribution in [2.45, 2.75) is 46.0 Å². The number of hydrogen-bond donors (Lipinski definition) is 4. The first-order chi connectivity index (χ1) is 14.5. The maximum atomic E-state index is 12.2. The molecule has 0 unspecified atom stereocenters. The summed E-state index contributed by atoms with van der Waals surface area (Å²) in [6.07, 6.45) is 3.92. The Morgan fingerprint density at radius 2 is 1.30 bits per heavy atom. The topological polar surface area (TPSA) is 99.3 Å². The summed E-state index contributed by atoms with van der Waals surface area (Å²) in [5.74, 6) is -0.262. The van der Waals surface area contributed by atoms with E-state index in [-0.39, 0.29) is 24.3 Å². The summed E-state index contributed by atoms with van der Waals surface area (Å²) in [6, 6.07) is 14.2. The number of benzene rings is 2. The zero-order valence-electron chi connectivity index (χ0n) is 17.6. The van der Waals surface area contributed by atoms with Crippen molar-refractivity contribution in [1.82, 2.24) is 0 Å². The molecule has 0 aliphatic rings. The molecule has 0 aliphatic heterocycles. The minimum absolute atomic E-state index is 0.00286. The Kier molecular flexibility index (Phi) is 9.37. The zero-order valence-corrected chi connectivity index (χ0v) is 17.6. The van der Waals surface area contributed by atoms with Gasteiger partial charge >= 0.3 is 0 Å². The lowest BCUT2D eigenvalue weighted by molar-refractivity contribution is -0.117. The van der Waals surface area contributed by atoms with Gasteiger partial charge in [0.05, 0.1) is 6.54 Å². The third kappa shape index (κ3) is 8.34. The van der Waals surface area contributed by atoms with Gasteiger partial charge in [-0.15, -0.1) is 0 Å². The van der Waals surface area contributed by atoms with Crippen LogP contribution in [0.25, 0.3) is 0 Å². The third-order valence-electron chi connectivity index (χ3n) is 4.38. The molecule has 0 saturated heterocycles. The van der Waals surface area contributed by atoms with E-state index in [0.717, 1.165) is 24.9 Å². The zero-order chi connectivity index (χ0) is 21.8. The predicted octanol–water partition coefficient (Wildman–Crippen LogP) is 4.60. The fraction of sp³-hybridized carbons (Fsp3) is 0.348. The molecule has 7 nitrogen and oxygen atoms in total. The van der Waals surface area contributed by atoms with Crippen LogP contribution in [-0.4, -0.2) is 24.3 Å². The Hall–Kier alpha value is -3.35. The van der Waals surface area contributed by atoms with Crippen LogP contribution in [0.1, 0.15) is 46.0 Å². The molecule has 2 rings (SSSR count). The molecule has 0 heterocycles. The number of hydrogen-bond acceptors (Lipinski definition) is 4. The number of carbonyl (C=O) groups excluding carboxylic acids is 3. The Morgan fingerprint density at radius 3 is 1.93 bits per heavy atom. The van der Waals surface area contributed by atoms with Crippen molar-refractivity contribution in [1.29, 1.82) is 0 Å². The van der Waals surface area contributed by atoms with Gasteiger partial charge < -0.3 is 21.3 Å². The van der Waals surface area contributed by atoms with Crippen LogP contribution >= 0.6 is 0 Å². The number of rotatable bonds is 11. The molecule has 2 aromatic rings. The summed E-state index contributed by atoms with van der Waals surface area (Å²) in [7, 11) is 0. The Bertz CT molecular complexity index is 850. The number of amides is 3. The van der Waals surface area contributed by atoms with Crippen molar-refractivity contribution in [3.8, 4) is 0 Å². The molecular weight excluding hydrogens is 380 g/mol. The van der Waals surface area contributed by atoms with E-state index < -0.39 is 0 Å². The third-order valence-corrected chi connectivity index (χ3v) is 4.38. The summed E-state index contributed by atoms with van der Waals surface area (Å²) >= 11 is 0. The van der Waals surface area contributed by atoms with Gasteiger partial charge in [-0.2, -0.15) is 0 Å². The number of carbonyl (C=O) groups is 3. The molecule has 0 fully saturated rings. The van der Waals surface area contributed by atoms with E-state index in [1.807, 2.05) is 18.2 Å².